The monoisotopic (exact) mass is 429 g/mol. The average Bonchev–Trinajstić information content (AvgIpc) is 2.76. The summed E-state index contributed by atoms with van der Waals surface area (Å²) < 4.78 is 40.1. The minimum atomic E-state index is -4.38. The lowest BCUT2D eigenvalue weighted by molar-refractivity contribution is -0.383. The normalized spacial score (nSPS) is 15.4. The number of non-ortho nitro benzene ring substituents is 1. The number of nitro groups is 1. The Kier molecular flexibility index (Phi) is 5.82. The Bertz CT molecular complexity index is 1100. The van der Waals surface area contributed by atoms with E-state index in [2.05, 4.69) is 10.0 Å². The lowest BCUT2D eigenvalue weighted by Gasteiger charge is -2.41. The Morgan fingerprint density at radius 2 is 1.58 bits per heavy atom. The molecule has 0 aromatic heterocycles. The Hall–Kier alpha value is -3.13. The first-order chi connectivity index (χ1) is 14.9. The van der Waals surface area contributed by atoms with Gasteiger partial charge in [0.15, 0.2) is 0 Å². The van der Waals surface area contributed by atoms with Crippen molar-refractivity contribution < 1.29 is 18.1 Å². The summed E-state index contributed by atoms with van der Waals surface area (Å²) in [5, 5.41) is 16.9. The Balaban J connectivity index is 1.64. The van der Waals surface area contributed by atoms with Crippen molar-refractivity contribution >= 4 is 22.1 Å². The van der Waals surface area contributed by atoms with Crippen LogP contribution < -0.4 is 5.01 Å². The molecule has 1 saturated heterocycles. The maximum absolute atomic E-state index is 13.4. The third-order valence-electron chi connectivity index (χ3n) is 5.69. The number of rotatable bonds is 5. The van der Waals surface area contributed by atoms with Gasteiger partial charge in [-0.25, -0.2) is 5.01 Å². The summed E-state index contributed by atoms with van der Waals surface area (Å²) in [7, 11) is 0. The molecule has 1 fully saturated rings. The topological polar surface area (TPSA) is 49.6 Å². The maximum atomic E-state index is 13.4. The molecule has 1 aliphatic rings. The molecule has 5 nitrogen and oxygen atoms in total. The summed E-state index contributed by atoms with van der Waals surface area (Å²) in [4.78, 5) is 11.0. The highest BCUT2D eigenvalue weighted by molar-refractivity contribution is 5.99. The van der Waals surface area contributed by atoms with E-state index in [0.29, 0.717) is 18.5 Å². The first-order valence-electron chi connectivity index (χ1n) is 10.2. The zero-order valence-corrected chi connectivity index (χ0v) is 16.8. The van der Waals surface area contributed by atoms with Crippen LogP contribution in [0.2, 0.25) is 0 Å². The van der Waals surface area contributed by atoms with Gasteiger partial charge in [0.2, 0.25) is 0 Å². The molecule has 0 N–H and O–H groups in total. The Morgan fingerprint density at radius 3 is 2.32 bits per heavy atom. The van der Waals surface area contributed by atoms with Crippen molar-refractivity contribution in [2.45, 2.75) is 25.4 Å². The fourth-order valence-corrected chi connectivity index (χ4v) is 4.24. The van der Waals surface area contributed by atoms with Gasteiger partial charge >= 0.3 is 6.18 Å². The first kappa shape index (κ1) is 21.1. The van der Waals surface area contributed by atoms with Gasteiger partial charge in [0.25, 0.3) is 5.69 Å². The molecule has 0 saturated carbocycles. The number of alkyl halides is 3. The molecule has 31 heavy (non-hydrogen) atoms. The molecular weight excluding hydrogens is 407 g/mol. The van der Waals surface area contributed by atoms with Crippen LogP contribution in [0.5, 0.6) is 0 Å². The fourth-order valence-electron chi connectivity index (χ4n) is 4.24. The SMILES string of the molecule is O=[N+]([O-])c1ccc(N2CCCCN2CCc2ccccc2C(F)(F)F)c2ccccc12. The predicted octanol–water partition coefficient (Wildman–Crippen LogP) is 5.83. The van der Waals surface area contributed by atoms with Crippen molar-refractivity contribution in [1.82, 2.24) is 5.01 Å². The van der Waals surface area contributed by atoms with Gasteiger partial charge in [-0.05, 0) is 43.0 Å². The van der Waals surface area contributed by atoms with Gasteiger partial charge < -0.3 is 5.01 Å². The van der Waals surface area contributed by atoms with Crippen molar-refractivity contribution in [1.29, 1.82) is 0 Å². The van der Waals surface area contributed by atoms with Gasteiger partial charge in [-0.1, -0.05) is 36.4 Å². The summed E-state index contributed by atoms with van der Waals surface area (Å²) in [5.74, 6) is 0. The van der Waals surface area contributed by atoms with Gasteiger partial charge in [0.05, 0.1) is 21.6 Å². The molecule has 0 unspecified atom stereocenters. The molecule has 3 aromatic carbocycles. The van der Waals surface area contributed by atoms with E-state index in [0.717, 1.165) is 36.5 Å². The summed E-state index contributed by atoms with van der Waals surface area (Å²) in [6.45, 7) is 1.86. The van der Waals surface area contributed by atoms with Crippen molar-refractivity contribution in [3.63, 3.8) is 0 Å². The molecule has 4 rings (SSSR count). The van der Waals surface area contributed by atoms with E-state index in [4.69, 9.17) is 0 Å². The van der Waals surface area contributed by atoms with E-state index in [9.17, 15) is 23.3 Å². The molecule has 1 heterocycles. The fraction of sp³-hybridized carbons (Fsp3) is 0.304. The van der Waals surface area contributed by atoms with Crippen LogP contribution in [-0.4, -0.2) is 29.6 Å². The second-order valence-corrected chi connectivity index (χ2v) is 7.60. The van der Waals surface area contributed by atoms with Gasteiger partial charge in [-0.2, -0.15) is 13.2 Å². The van der Waals surface area contributed by atoms with Gasteiger partial charge in [0.1, 0.15) is 0 Å². The number of hydrazine groups is 1. The highest BCUT2D eigenvalue weighted by Crippen LogP contribution is 2.36. The van der Waals surface area contributed by atoms with Crippen LogP contribution in [0.1, 0.15) is 24.0 Å². The largest absolute Gasteiger partial charge is 0.416 e. The van der Waals surface area contributed by atoms with Gasteiger partial charge in [-0.15, -0.1) is 0 Å². The number of nitro benzene ring substituents is 1. The summed E-state index contributed by atoms with van der Waals surface area (Å²) in [5.41, 5.74) is 0.556. The standard InChI is InChI=1S/C23H22F3N3O2/c24-23(25,26)20-10-4-1-7-17(20)13-16-27-14-5-6-15-28(27)21-11-12-22(29(30)31)19-9-3-2-8-18(19)21/h1-4,7-12H,5-6,13-16H2. The number of nitrogens with zero attached hydrogens (tertiary/aromatic N) is 3. The van der Waals surface area contributed by atoms with E-state index in [1.165, 1.54) is 18.2 Å². The predicted molar refractivity (Wildman–Crippen MR) is 114 cm³/mol. The minimum absolute atomic E-state index is 0.0435. The Morgan fingerprint density at radius 1 is 0.903 bits per heavy atom. The van der Waals surface area contributed by atoms with Crippen LogP contribution in [0, 0.1) is 10.1 Å². The molecule has 0 bridgehead atoms. The van der Waals surface area contributed by atoms with Crippen molar-refractivity contribution in [3.05, 3.63) is 81.9 Å². The van der Waals surface area contributed by atoms with Gasteiger partial charge in [0, 0.05) is 31.1 Å². The Labute approximate surface area is 177 Å². The van der Waals surface area contributed by atoms with E-state index < -0.39 is 16.7 Å². The minimum Gasteiger partial charge on any atom is -0.305 e. The molecule has 0 radical (unpaired) electrons. The molecule has 0 aliphatic carbocycles. The molecule has 0 amide bonds. The lowest BCUT2D eigenvalue weighted by atomic mass is 10.0. The van der Waals surface area contributed by atoms with E-state index in [-0.39, 0.29) is 17.7 Å². The second-order valence-electron chi connectivity index (χ2n) is 7.60. The van der Waals surface area contributed by atoms with E-state index in [1.54, 1.807) is 24.3 Å². The molecule has 3 aromatic rings. The molecule has 1 aliphatic heterocycles. The molecule has 162 valence electrons. The highest BCUT2D eigenvalue weighted by Gasteiger charge is 2.33. The molecular formula is C23H22F3N3O2. The number of hydrogen-bond donors (Lipinski definition) is 0. The third kappa shape index (κ3) is 4.34. The maximum Gasteiger partial charge on any atom is 0.416 e. The zero-order valence-electron chi connectivity index (χ0n) is 16.8. The smallest absolute Gasteiger partial charge is 0.305 e. The quantitative estimate of drug-likeness (QED) is 0.378. The van der Waals surface area contributed by atoms with E-state index in [1.807, 2.05) is 12.1 Å². The lowest BCUT2D eigenvalue weighted by Crippen LogP contribution is -2.48. The van der Waals surface area contributed by atoms with Crippen LogP contribution in [0.15, 0.2) is 60.7 Å². The molecule has 0 spiro atoms. The van der Waals surface area contributed by atoms with Gasteiger partial charge in [-0.3, -0.25) is 10.1 Å². The number of benzene rings is 3. The van der Waals surface area contributed by atoms with Crippen LogP contribution in [-0.2, 0) is 12.6 Å². The molecule has 8 heteroatoms. The summed E-state index contributed by atoms with van der Waals surface area (Å²) >= 11 is 0. The number of fused-ring (bicyclic) bond motifs is 1. The third-order valence-corrected chi connectivity index (χ3v) is 5.69. The van der Waals surface area contributed by atoms with Crippen LogP contribution in [0.3, 0.4) is 0 Å². The zero-order chi connectivity index (χ0) is 22.0. The summed E-state index contributed by atoms with van der Waals surface area (Å²) in [6, 6.07) is 16.1. The van der Waals surface area contributed by atoms with Crippen molar-refractivity contribution in [2.24, 2.45) is 0 Å². The van der Waals surface area contributed by atoms with Crippen LogP contribution in [0.4, 0.5) is 24.5 Å². The average molecular weight is 429 g/mol. The second kappa shape index (κ2) is 8.55. The van der Waals surface area contributed by atoms with Crippen LogP contribution >= 0.6 is 0 Å². The number of halogens is 3. The molecule has 0 atom stereocenters. The van der Waals surface area contributed by atoms with Crippen molar-refractivity contribution in [3.8, 4) is 0 Å². The summed E-state index contributed by atoms with van der Waals surface area (Å²) in [6.07, 6.45) is -2.23. The van der Waals surface area contributed by atoms with Crippen LogP contribution in [0.25, 0.3) is 10.8 Å². The number of anilines is 1. The first-order valence-corrected chi connectivity index (χ1v) is 10.2. The van der Waals surface area contributed by atoms with Crippen molar-refractivity contribution in [2.75, 3.05) is 24.6 Å². The highest BCUT2D eigenvalue weighted by atomic mass is 19.4. The number of hydrogen-bond acceptors (Lipinski definition) is 4. The van der Waals surface area contributed by atoms with E-state index >= 15 is 0 Å².